The van der Waals surface area contributed by atoms with Crippen molar-refractivity contribution in [2.45, 2.75) is 32.2 Å². The molecule has 0 saturated heterocycles. The Morgan fingerprint density at radius 1 is 1.60 bits per heavy atom. The van der Waals surface area contributed by atoms with E-state index in [0.717, 1.165) is 24.3 Å². The van der Waals surface area contributed by atoms with Gasteiger partial charge in [0.05, 0.1) is 6.26 Å². The van der Waals surface area contributed by atoms with Gasteiger partial charge < -0.3 is 9.73 Å². The van der Waals surface area contributed by atoms with Crippen LogP contribution in [0.4, 0.5) is 0 Å². The first-order valence-corrected chi connectivity index (χ1v) is 5.83. The quantitative estimate of drug-likeness (QED) is 0.772. The standard InChI is InChI=1S/C13H19NO/c1-2-5-11-10-13(11)14-8-3-6-12-7-4-9-15-12/h3-4,6-7,9,11,13-14H,2,5,8,10H2,1H3/b6-3+. The maximum absolute atomic E-state index is 5.20. The average Bonchev–Trinajstić information content (AvgIpc) is 2.79. The van der Waals surface area contributed by atoms with Crippen molar-refractivity contribution in [3.8, 4) is 0 Å². The van der Waals surface area contributed by atoms with Crippen molar-refractivity contribution < 1.29 is 4.42 Å². The van der Waals surface area contributed by atoms with Crippen LogP contribution in [0.1, 0.15) is 31.9 Å². The van der Waals surface area contributed by atoms with Crippen LogP contribution in [0, 0.1) is 5.92 Å². The summed E-state index contributed by atoms with van der Waals surface area (Å²) in [7, 11) is 0. The highest BCUT2D eigenvalue weighted by Crippen LogP contribution is 2.34. The van der Waals surface area contributed by atoms with Crippen LogP contribution in [0.25, 0.3) is 6.08 Å². The molecule has 2 nitrogen and oxygen atoms in total. The van der Waals surface area contributed by atoms with Crippen LogP contribution >= 0.6 is 0 Å². The van der Waals surface area contributed by atoms with Gasteiger partial charge in [-0.05, 0) is 37.0 Å². The lowest BCUT2D eigenvalue weighted by atomic mass is 10.2. The van der Waals surface area contributed by atoms with Gasteiger partial charge in [-0.25, -0.2) is 0 Å². The zero-order valence-electron chi connectivity index (χ0n) is 9.28. The van der Waals surface area contributed by atoms with Gasteiger partial charge in [-0.1, -0.05) is 19.4 Å². The largest absolute Gasteiger partial charge is 0.465 e. The van der Waals surface area contributed by atoms with E-state index in [0.29, 0.717) is 0 Å². The summed E-state index contributed by atoms with van der Waals surface area (Å²) in [6.45, 7) is 3.21. The van der Waals surface area contributed by atoms with Crippen molar-refractivity contribution in [2.24, 2.45) is 5.92 Å². The topological polar surface area (TPSA) is 25.2 Å². The molecule has 1 fully saturated rings. The number of nitrogens with one attached hydrogen (secondary N) is 1. The third-order valence-electron chi connectivity index (χ3n) is 2.91. The minimum atomic E-state index is 0.770. The predicted octanol–water partition coefficient (Wildman–Crippen LogP) is 3.07. The van der Waals surface area contributed by atoms with Gasteiger partial charge in [-0.2, -0.15) is 0 Å². The Morgan fingerprint density at radius 2 is 2.53 bits per heavy atom. The van der Waals surface area contributed by atoms with E-state index >= 15 is 0 Å². The molecule has 1 aromatic rings. The maximum Gasteiger partial charge on any atom is 0.126 e. The Kier molecular flexibility index (Phi) is 3.62. The zero-order valence-corrected chi connectivity index (χ0v) is 9.28. The van der Waals surface area contributed by atoms with Crippen LogP contribution in [0.15, 0.2) is 28.9 Å². The number of hydrogen-bond acceptors (Lipinski definition) is 2. The smallest absolute Gasteiger partial charge is 0.126 e. The number of furan rings is 1. The lowest BCUT2D eigenvalue weighted by molar-refractivity contribution is 0.556. The van der Waals surface area contributed by atoms with Crippen molar-refractivity contribution in [1.82, 2.24) is 5.32 Å². The highest BCUT2D eigenvalue weighted by atomic mass is 16.3. The van der Waals surface area contributed by atoms with Gasteiger partial charge in [-0.3, -0.25) is 0 Å². The first-order chi connectivity index (χ1) is 7.40. The molecule has 15 heavy (non-hydrogen) atoms. The van der Waals surface area contributed by atoms with Crippen LogP contribution < -0.4 is 5.32 Å². The second-order valence-electron chi connectivity index (χ2n) is 4.22. The second kappa shape index (κ2) is 5.17. The Hall–Kier alpha value is -1.02. The molecule has 0 amide bonds. The van der Waals surface area contributed by atoms with E-state index in [2.05, 4.69) is 18.3 Å². The molecular weight excluding hydrogens is 186 g/mol. The van der Waals surface area contributed by atoms with E-state index in [9.17, 15) is 0 Å². The fourth-order valence-corrected chi connectivity index (χ4v) is 1.97. The van der Waals surface area contributed by atoms with Crippen LogP contribution in [0.5, 0.6) is 0 Å². The molecule has 2 rings (SSSR count). The maximum atomic E-state index is 5.20. The summed E-state index contributed by atoms with van der Waals surface area (Å²) in [5.41, 5.74) is 0. The Morgan fingerprint density at radius 3 is 3.27 bits per heavy atom. The monoisotopic (exact) mass is 205 g/mol. The molecule has 0 radical (unpaired) electrons. The average molecular weight is 205 g/mol. The van der Waals surface area contributed by atoms with Gasteiger partial charge in [0, 0.05) is 12.6 Å². The summed E-state index contributed by atoms with van der Waals surface area (Å²) in [6, 6.07) is 4.64. The van der Waals surface area contributed by atoms with Gasteiger partial charge in [0.25, 0.3) is 0 Å². The predicted molar refractivity (Wildman–Crippen MR) is 62.5 cm³/mol. The van der Waals surface area contributed by atoms with Crippen LogP contribution in [0.3, 0.4) is 0 Å². The van der Waals surface area contributed by atoms with Gasteiger partial charge in [0.1, 0.15) is 5.76 Å². The summed E-state index contributed by atoms with van der Waals surface area (Å²) < 4.78 is 5.20. The molecule has 1 aromatic heterocycles. The van der Waals surface area contributed by atoms with E-state index < -0.39 is 0 Å². The zero-order chi connectivity index (χ0) is 10.5. The molecule has 0 aromatic carbocycles. The Labute approximate surface area is 91.4 Å². The first-order valence-electron chi connectivity index (χ1n) is 5.83. The van der Waals surface area contributed by atoms with Crippen LogP contribution in [-0.2, 0) is 0 Å². The van der Waals surface area contributed by atoms with Crippen molar-refractivity contribution in [3.05, 3.63) is 30.2 Å². The van der Waals surface area contributed by atoms with E-state index in [-0.39, 0.29) is 0 Å². The molecule has 1 heterocycles. The summed E-state index contributed by atoms with van der Waals surface area (Å²) in [5, 5.41) is 3.53. The SMILES string of the molecule is CCCC1CC1NC/C=C/c1ccco1. The van der Waals surface area contributed by atoms with E-state index in [1.165, 1.54) is 19.3 Å². The van der Waals surface area contributed by atoms with E-state index in [4.69, 9.17) is 4.42 Å². The summed E-state index contributed by atoms with van der Waals surface area (Å²) >= 11 is 0. The normalized spacial score (nSPS) is 24.9. The van der Waals surface area contributed by atoms with Crippen LogP contribution in [-0.4, -0.2) is 12.6 Å². The summed E-state index contributed by atoms with van der Waals surface area (Å²) in [4.78, 5) is 0. The fourth-order valence-electron chi connectivity index (χ4n) is 1.97. The summed E-state index contributed by atoms with van der Waals surface area (Å²) in [6.07, 6.45) is 9.89. The molecule has 2 heteroatoms. The highest BCUT2D eigenvalue weighted by Gasteiger charge is 2.34. The number of rotatable bonds is 6. The first kappa shape index (κ1) is 10.5. The van der Waals surface area contributed by atoms with Crippen molar-refractivity contribution in [2.75, 3.05) is 6.54 Å². The van der Waals surface area contributed by atoms with Gasteiger partial charge in [0.15, 0.2) is 0 Å². The minimum absolute atomic E-state index is 0.770. The molecular formula is C13H19NO. The van der Waals surface area contributed by atoms with E-state index in [1.54, 1.807) is 6.26 Å². The molecule has 0 spiro atoms. The molecule has 82 valence electrons. The van der Waals surface area contributed by atoms with Gasteiger partial charge in [-0.15, -0.1) is 0 Å². The molecule has 1 aliphatic rings. The van der Waals surface area contributed by atoms with Crippen molar-refractivity contribution in [1.29, 1.82) is 0 Å². The van der Waals surface area contributed by atoms with Crippen LogP contribution in [0.2, 0.25) is 0 Å². The second-order valence-corrected chi connectivity index (χ2v) is 4.22. The van der Waals surface area contributed by atoms with Gasteiger partial charge >= 0.3 is 0 Å². The molecule has 1 N–H and O–H groups in total. The minimum Gasteiger partial charge on any atom is -0.465 e. The van der Waals surface area contributed by atoms with Gasteiger partial charge in [0.2, 0.25) is 0 Å². The Balaban J connectivity index is 1.60. The highest BCUT2D eigenvalue weighted by molar-refractivity contribution is 5.42. The third kappa shape index (κ3) is 3.24. The fraction of sp³-hybridized carbons (Fsp3) is 0.538. The molecule has 2 unspecified atom stereocenters. The van der Waals surface area contributed by atoms with Crippen molar-refractivity contribution >= 4 is 6.08 Å². The number of hydrogen-bond donors (Lipinski definition) is 1. The van der Waals surface area contributed by atoms with Crippen molar-refractivity contribution in [3.63, 3.8) is 0 Å². The third-order valence-corrected chi connectivity index (χ3v) is 2.91. The Bertz CT molecular complexity index is 302. The lowest BCUT2D eigenvalue weighted by Gasteiger charge is -1.98. The molecule has 2 atom stereocenters. The molecule has 1 saturated carbocycles. The molecule has 0 aliphatic heterocycles. The lowest BCUT2D eigenvalue weighted by Crippen LogP contribution is -2.17. The summed E-state index contributed by atoms with van der Waals surface area (Å²) in [5.74, 6) is 1.87. The molecule has 0 bridgehead atoms. The van der Waals surface area contributed by atoms with E-state index in [1.807, 2.05) is 18.2 Å². The molecule has 1 aliphatic carbocycles.